The van der Waals surface area contributed by atoms with Gasteiger partial charge in [0.25, 0.3) is 0 Å². The van der Waals surface area contributed by atoms with Crippen LogP contribution in [-0.2, 0) is 18.6 Å². The normalized spacial score (nSPS) is 6.00. The Hall–Kier alpha value is 0.544. The molecule has 2 heteroatoms. The smallest absolute Gasteiger partial charge is 0.0159 e. The molecular formula is C3H7OV-. The molecule has 5 heavy (non-hydrogen) atoms. The maximum absolute atomic E-state index is 7.81. The fourth-order valence-corrected chi connectivity index (χ4v) is 0. The summed E-state index contributed by atoms with van der Waals surface area (Å²) in [7, 11) is 0. The molecule has 0 aliphatic rings. The number of hydrogen-bond donors (Lipinski definition) is 1. The van der Waals surface area contributed by atoms with Crippen molar-refractivity contribution in [3.63, 3.8) is 0 Å². The second kappa shape index (κ2) is 8.82. The van der Waals surface area contributed by atoms with Gasteiger partial charge >= 0.3 is 0 Å². The first kappa shape index (κ1) is 9.11. The van der Waals surface area contributed by atoms with E-state index < -0.39 is 0 Å². The van der Waals surface area contributed by atoms with Gasteiger partial charge in [0.15, 0.2) is 0 Å². The minimum absolute atomic E-state index is 0. The molecule has 0 aromatic rings. The third-order valence-corrected chi connectivity index (χ3v) is 0.158. The number of aliphatic hydroxyl groups excluding tert-OH is 1. The first-order valence-corrected chi connectivity index (χ1v) is 1.32. The molecule has 0 aromatic carbocycles. The zero-order valence-electron chi connectivity index (χ0n) is 3.02. The molecule has 0 amide bonds. The van der Waals surface area contributed by atoms with Gasteiger partial charge in [-0.1, -0.05) is 0 Å². The SMILES string of the molecule is [CH2-]CCO.[V]. The van der Waals surface area contributed by atoms with Crippen molar-refractivity contribution in [1.82, 2.24) is 0 Å². The quantitative estimate of drug-likeness (QED) is 0.478. The van der Waals surface area contributed by atoms with Crippen LogP contribution in [0.3, 0.4) is 0 Å². The number of rotatable bonds is 1. The molecule has 0 aromatic heterocycles. The molecule has 0 spiro atoms. The van der Waals surface area contributed by atoms with Gasteiger partial charge in [-0.2, -0.15) is 6.42 Å². The van der Waals surface area contributed by atoms with Crippen LogP contribution in [0.5, 0.6) is 0 Å². The van der Waals surface area contributed by atoms with E-state index in [1.54, 1.807) is 0 Å². The minimum Gasteiger partial charge on any atom is -0.399 e. The van der Waals surface area contributed by atoms with E-state index in [-0.39, 0.29) is 25.2 Å². The zero-order valence-corrected chi connectivity index (χ0v) is 4.41. The molecule has 0 heterocycles. The monoisotopic (exact) mass is 110 g/mol. The van der Waals surface area contributed by atoms with Crippen LogP contribution in [0.1, 0.15) is 6.42 Å². The van der Waals surface area contributed by atoms with Crippen molar-refractivity contribution < 1.29 is 23.7 Å². The molecule has 31 valence electrons. The van der Waals surface area contributed by atoms with Gasteiger partial charge in [-0.25, -0.2) is 0 Å². The van der Waals surface area contributed by atoms with Gasteiger partial charge in [-0.15, -0.1) is 0 Å². The molecule has 1 radical (unpaired) electrons. The number of hydrogen-bond acceptors (Lipinski definition) is 1. The molecule has 0 atom stereocenters. The van der Waals surface area contributed by atoms with Gasteiger partial charge in [-0.05, 0) is 0 Å². The fraction of sp³-hybridized carbons (Fsp3) is 0.667. The van der Waals surface area contributed by atoms with Crippen LogP contribution in [-0.4, -0.2) is 11.7 Å². The van der Waals surface area contributed by atoms with Crippen molar-refractivity contribution in [1.29, 1.82) is 0 Å². The Morgan fingerprint density at radius 2 is 1.80 bits per heavy atom. The Bertz CT molecular complexity index is 8.85. The van der Waals surface area contributed by atoms with Gasteiger partial charge in [0.2, 0.25) is 0 Å². The van der Waals surface area contributed by atoms with Crippen molar-refractivity contribution >= 4 is 0 Å². The van der Waals surface area contributed by atoms with Gasteiger partial charge in [-0.3, -0.25) is 0 Å². The van der Waals surface area contributed by atoms with E-state index in [1.165, 1.54) is 0 Å². The van der Waals surface area contributed by atoms with Crippen molar-refractivity contribution in [3.8, 4) is 0 Å². The Morgan fingerprint density at radius 1 is 1.60 bits per heavy atom. The Labute approximate surface area is 44.3 Å². The molecule has 0 fully saturated rings. The maximum Gasteiger partial charge on any atom is 0.0159 e. The molecule has 0 aliphatic heterocycles. The topological polar surface area (TPSA) is 20.2 Å². The molecular weight excluding hydrogens is 103 g/mol. The second-order valence-electron chi connectivity index (χ2n) is 0.577. The van der Waals surface area contributed by atoms with E-state index in [9.17, 15) is 0 Å². The van der Waals surface area contributed by atoms with E-state index in [2.05, 4.69) is 6.92 Å². The number of aliphatic hydroxyl groups is 1. The molecule has 1 N–H and O–H groups in total. The summed E-state index contributed by atoms with van der Waals surface area (Å²) in [6.07, 6.45) is 0.625. The van der Waals surface area contributed by atoms with Crippen LogP contribution in [0.25, 0.3) is 0 Å². The molecule has 0 rings (SSSR count). The Morgan fingerprint density at radius 3 is 1.80 bits per heavy atom. The third kappa shape index (κ3) is 12.3. The molecule has 0 aliphatic carbocycles. The van der Waals surface area contributed by atoms with E-state index in [0.29, 0.717) is 6.42 Å². The zero-order chi connectivity index (χ0) is 3.41. The fourth-order valence-electron chi connectivity index (χ4n) is 0. The van der Waals surface area contributed by atoms with Gasteiger partial charge in [0.1, 0.15) is 0 Å². The summed E-state index contributed by atoms with van der Waals surface area (Å²) in [6.45, 7) is 3.56. The van der Waals surface area contributed by atoms with E-state index in [0.717, 1.165) is 0 Å². The van der Waals surface area contributed by atoms with Crippen LogP contribution < -0.4 is 0 Å². The Kier molecular flexibility index (Phi) is 16.1. The molecule has 0 unspecified atom stereocenters. The van der Waals surface area contributed by atoms with Crippen LogP contribution in [0.15, 0.2) is 0 Å². The predicted molar refractivity (Wildman–Crippen MR) is 17.1 cm³/mol. The summed E-state index contributed by atoms with van der Waals surface area (Å²) < 4.78 is 0. The van der Waals surface area contributed by atoms with E-state index >= 15 is 0 Å². The molecule has 0 saturated heterocycles. The predicted octanol–water partition coefficient (Wildman–Crippen LogP) is 0.200. The summed E-state index contributed by atoms with van der Waals surface area (Å²) in [4.78, 5) is 0. The summed E-state index contributed by atoms with van der Waals surface area (Å²) in [5.41, 5.74) is 0. The van der Waals surface area contributed by atoms with Crippen LogP contribution in [0.4, 0.5) is 0 Å². The van der Waals surface area contributed by atoms with Gasteiger partial charge in [0.05, 0.1) is 0 Å². The average Bonchev–Trinajstić information content (AvgIpc) is 1.37. The van der Waals surface area contributed by atoms with E-state index in [4.69, 9.17) is 5.11 Å². The Balaban J connectivity index is 0. The molecule has 0 saturated carbocycles. The van der Waals surface area contributed by atoms with Crippen molar-refractivity contribution in [2.45, 2.75) is 6.42 Å². The average molecular weight is 110 g/mol. The van der Waals surface area contributed by atoms with Crippen LogP contribution in [0.2, 0.25) is 0 Å². The van der Waals surface area contributed by atoms with Crippen molar-refractivity contribution in [3.05, 3.63) is 6.92 Å². The maximum atomic E-state index is 7.81. The summed E-state index contributed by atoms with van der Waals surface area (Å²) in [5.74, 6) is 0. The first-order valence-electron chi connectivity index (χ1n) is 1.32. The summed E-state index contributed by atoms with van der Waals surface area (Å²) in [5, 5.41) is 7.81. The van der Waals surface area contributed by atoms with E-state index in [1.807, 2.05) is 0 Å². The second-order valence-corrected chi connectivity index (χ2v) is 0.577. The van der Waals surface area contributed by atoms with Gasteiger partial charge in [0, 0.05) is 25.2 Å². The summed E-state index contributed by atoms with van der Waals surface area (Å²) >= 11 is 0. The first-order chi connectivity index (χ1) is 1.91. The summed E-state index contributed by atoms with van der Waals surface area (Å²) in [6, 6.07) is 0. The van der Waals surface area contributed by atoms with Crippen molar-refractivity contribution in [2.24, 2.45) is 0 Å². The minimum atomic E-state index is 0. The van der Waals surface area contributed by atoms with Crippen molar-refractivity contribution in [2.75, 3.05) is 6.61 Å². The van der Waals surface area contributed by atoms with Crippen LogP contribution in [0, 0.1) is 6.92 Å². The standard InChI is InChI=1S/C3H7O.V/c1-2-3-4;/h4H,1-3H2;/q-1;. The third-order valence-electron chi connectivity index (χ3n) is 0.158. The molecule has 0 bridgehead atoms. The largest absolute Gasteiger partial charge is 0.399 e. The molecule has 1 nitrogen and oxygen atoms in total. The van der Waals surface area contributed by atoms with Crippen LogP contribution >= 0.6 is 0 Å². The van der Waals surface area contributed by atoms with Gasteiger partial charge < -0.3 is 12.0 Å².